The molecule has 1 amide bonds. The van der Waals surface area contributed by atoms with Crippen LogP contribution in [0, 0.1) is 20.8 Å². The highest BCUT2D eigenvalue weighted by molar-refractivity contribution is 5.78. The van der Waals surface area contributed by atoms with Crippen LogP contribution in [-0.2, 0) is 4.79 Å². The molecule has 0 aromatic heterocycles. The van der Waals surface area contributed by atoms with Crippen molar-refractivity contribution in [1.82, 2.24) is 5.32 Å². The molecule has 0 aliphatic heterocycles. The van der Waals surface area contributed by atoms with Crippen LogP contribution in [-0.4, -0.2) is 29.8 Å². The molecule has 1 aromatic rings. The van der Waals surface area contributed by atoms with Crippen molar-refractivity contribution in [3.05, 3.63) is 28.8 Å². The number of carbonyl (C=O) groups is 1. The van der Waals surface area contributed by atoms with Crippen LogP contribution in [0.1, 0.15) is 43.4 Å². The monoisotopic (exact) mass is 293 g/mol. The first kappa shape index (κ1) is 17.5. The Bertz CT molecular complexity index is 462. The van der Waals surface area contributed by atoms with E-state index in [-0.39, 0.29) is 19.1 Å². The van der Waals surface area contributed by atoms with Gasteiger partial charge in [-0.05, 0) is 44.7 Å². The molecule has 4 nitrogen and oxygen atoms in total. The van der Waals surface area contributed by atoms with Crippen LogP contribution >= 0.6 is 0 Å². The van der Waals surface area contributed by atoms with Crippen molar-refractivity contribution in [3.8, 4) is 5.75 Å². The van der Waals surface area contributed by atoms with Gasteiger partial charge in [-0.3, -0.25) is 4.79 Å². The normalized spacial score (nSPS) is 11.3. The number of nitrogens with one attached hydrogen (secondary N) is 1. The highest BCUT2D eigenvalue weighted by Gasteiger charge is 2.27. The van der Waals surface area contributed by atoms with Gasteiger partial charge in [0.1, 0.15) is 5.75 Å². The summed E-state index contributed by atoms with van der Waals surface area (Å²) < 4.78 is 5.67. The third kappa shape index (κ3) is 4.46. The first-order chi connectivity index (χ1) is 9.87. The number of amides is 1. The van der Waals surface area contributed by atoms with Crippen molar-refractivity contribution in [2.24, 2.45) is 0 Å². The molecule has 1 rings (SSSR count). The molecule has 118 valence electrons. The zero-order valence-corrected chi connectivity index (χ0v) is 13.7. The Hall–Kier alpha value is -1.55. The molecule has 0 aliphatic carbocycles. The number of aliphatic hydroxyl groups excluding tert-OH is 1. The van der Waals surface area contributed by atoms with E-state index >= 15 is 0 Å². The minimum Gasteiger partial charge on any atom is -0.483 e. The number of hydrogen-bond acceptors (Lipinski definition) is 3. The van der Waals surface area contributed by atoms with Gasteiger partial charge in [-0.15, -0.1) is 0 Å². The Labute approximate surface area is 127 Å². The van der Waals surface area contributed by atoms with E-state index in [9.17, 15) is 9.90 Å². The summed E-state index contributed by atoms with van der Waals surface area (Å²) in [6.45, 7) is 9.80. The van der Waals surface area contributed by atoms with E-state index < -0.39 is 5.54 Å². The average Bonchev–Trinajstić information content (AvgIpc) is 2.43. The maximum atomic E-state index is 12.1. The Balaban J connectivity index is 2.70. The quantitative estimate of drug-likeness (QED) is 0.812. The molecule has 0 radical (unpaired) electrons. The number of aliphatic hydroxyl groups is 1. The van der Waals surface area contributed by atoms with Gasteiger partial charge in [-0.2, -0.15) is 0 Å². The third-order valence-electron chi connectivity index (χ3n) is 4.01. The second-order valence-electron chi connectivity index (χ2n) is 5.71. The molecule has 0 unspecified atom stereocenters. The lowest BCUT2D eigenvalue weighted by molar-refractivity contribution is -0.125. The molecule has 0 fully saturated rings. The highest BCUT2D eigenvalue weighted by atomic mass is 16.5. The van der Waals surface area contributed by atoms with Crippen LogP contribution in [0.3, 0.4) is 0 Å². The molecule has 0 atom stereocenters. The molecule has 0 spiro atoms. The summed E-state index contributed by atoms with van der Waals surface area (Å²) in [5.41, 5.74) is 2.69. The van der Waals surface area contributed by atoms with E-state index in [2.05, 4.69) is 5.32 Å². The summed E-state index contributed by atoms with van der Waals surface area (Å²) in [7, 11) is 0. The summed E-state index contributed by atoms with van der Waals surface area (Å²) in [5, 5.41) is 12.4. The second-order valence-corrected chi connectivity index (χ2v) is 5.71. The standard InChI is InChI=1S/C17H27NO3/c1-6-17(7-2,11-19)18-15(20)10-21-16-13(4)8-12(3)9-14(16)5/h8-9,19H,6-7,10-11H2,1-5H3,(H,18,20). The van der Waals surface area contributed by atoms with Crippen molar-refractivity contribution in [3.63, 3.8) is 0 Å². The van der Waals surface area contributed by atoms with Crippen LogP contribution in [0.2, 0.25) is 0 Å². The van der Waals surface area contributed by atoms with Gasteiger partial charge in [0, 0.05) is 0 Å². The van der Waals surface area contributed by atoms with Crippen LogP contribution < -0.4 is 10.1 Å². The lowest BCUT2D eigenvalue weighted by Crippen LogP contribution is -2.51. The predicted octanol–water partition coefficient (Wildman–Crippen LogP) is 2.66. The first-order valence-corrected chi connectivity index (χ1v) is 7.50. The van der Waals surface area contributed by atoms with Crippen LogP contribution in [0.4, 0.5) is 0 Å². The van der Waals surface area contributed by atoms with E-state index in [0.29, 0.717) is 12.8 Å². The van der Waals surface area contributed by atoms with Crippen LogP contribution in [0.5, 0.6) is 5.75 Å². The van der Waals surface area contributed by atoms with Gasteiger partial charge in [-0.1, -0.05) is 31.5 Å². The van der Waals surface area contributed by atoms with Gasteiger partial charge in [-0.25, -0.2) is 0 Å². The average molecular weight is 293 g/mol. The number of ether oxygens (including phenoxy) is 1. The molecule has 0 saturated carbocycles. The summed E-state index contributed by atoms with van der Waals surface area (Å²) in [4.78, 5) is 12.1. The summed E-state index contributed by atoms with van der Waals surface area (Å²) in [5.74, 6) is 0.561. The zero-order chi connectivity index (χ0) is 16.0. The van der Waals surface area contributed by atoms with Gasteiger partial charge in [0.2, 0.25) is 0 Å². The Morgan fingerprint density at radius 2 is 1.71 bits per heavy atom. The maximum absolute atomic E-state index is 12.1. The molecule has 2 N–H and O–H groups in total. The minimum atomic E-state index is -0.544. The fraction of sp³-hybridized carbons (Fsp3) is 0.588. The maximum Gasteiger partial charge on any atom is 0.258 e. The molecular formula is C17H27NO3. The van der Waals surface area contributed by atoms with Gasteiger partial charge in [0.15, 0.2) is 6.61 Å². The van der Waals surface area contributed by atoms with E-state index in [1.54, 1.807) is 0 Å². The van der Waals surface area contributed by atoms with E-state index in [1.807, 2.05) is 46.8 Å². The van der Waals surface area contributed by atoms with Crippen molar-refractivity contribution < 1.29 is 14.6 Å². The minimum absolute atomic E-state index is 0.0352. The molecule has 21 heavy (non-hydrogen) atoms. The summed E-state index contributed by atoms with van der Waals surface area (Å²) in [6.07, 6.45) is 1.38. The Morgan fingerprint density at radius 1 is 1.19 bits per heavy atom. The van der Waals surface area contributed by atoms with Crippen molar-refractivity contribution >= 4 is 5.91 Å². The number of rotatable bonds is 7. The number of benzene rings is 1. The zero-order valence-electron chi connectivity index (χ0n) is 13.7. The molecule has 4 heteroatoms. The number of aryl methyl sites for hydroxylation is 3. The van der Waals surface area contributed by atoms with Crippen molar-refractivity contribution in [2.75, 3.05) is 13.2 Å². The summed E-state index contributed by atoms with van der Waals surface area (Å²) in [6, 6.07) is 4.08. The molecule has 0 bridgehead atoms. The van der Waals surface area contributed by atoms with Gasteiger partial charge < -0.3 is 15.2 Å². The SMILES string of the molecule is CCC(CC)(CO)NC(=O)COc1c(C)cc(C)cc1C. The molecular weight excluding hydrogens is 266 g/mol. The molecule has 1 aromatic carbocycles. The fourth-order valence-electron chi connectivity index (χ4n) is 2.55. The van der Waals surface area contributed by atoms with Gasteiger partial charge in [0.05, 0.1) is 12.1 Å². The van der Waals surface area contributed by atoms with Gasteiger partial charge >= 0.3 is 0 Å². The second kappa shape index (κ2) is 7.46. The fourth-order valence-corrected chi connectivity index (χ4v) is 2.55. The number of carbonyl (C=O) groups excluding carboxylic acids is 1. The smallest absolute Gasteiger partial charge is 0.258 e. The van der Waals surface area contributed by atoms with E-state index in [0.717, 1.165) is 16.9 Å². The Morgan fingerprint density at radius 3 is 2.14 bits per heavy atom. The highest BCUT2D eigenvalue weighted by Crippen LogP contribution is 2.24. The molecule has 0 saturated heterocycles. The van der Waals surface area contributed by atoms with E-state index in [1.165, 1.54) is 5.56 Å². The van der Waals surface area contributed by atoms with Crippen molar-refractivity contribution in [2.45, 2.75) is 53.0 Å². The third-order valence-corrected chi connectivity index (χ3v) is 4.01. The predicted molar refractivity (Wildman–Crippen MR) is 84.7 cm³/mol. The van der Waals surface area contributed by atoms with E-state index in [4.69, 9.17) is 4.74 Å². The number of hydrogen-bond donors (Lipinski definition) is 2. The first-order valence-electron chi connectivity index (χ1n) is 7.50. The largest absolute Gasteiger partial charge is 0.483 e. The van der Waals surface area contributed by atoms with Crippen molar-refractivity contribution in [1.29, 1.82) is 0 Å². The summed E-state index contributed by atoms with van der Waals surface area (Å²) >= 11 is 0. The lowest BCUT2D eigenvalue weighted by atomic mass is 9.94. The lowest BCUT2D eigenvalue weighted by Gasteiger charge is -2.30. The van der Waals surface area contributed by atoms with Crippen LogP contribution in [0.25, 0.3) is 0 Å². The van der Waals surface area contributed by atoms with Gasteiger partial charge in [0.25, 0.3) is 5.91 Å². The topological polar surface area (TPSA) is 58.6 Å². The molecule has 0 aliphatic rings. The van der Waals surface area contributed by atoms with Crippen LogP contribution in [0.15, 0.2) is 12.1 Å². The Kier molecular flexibility index (Phi) is 6.21. The molecule has 0 heterocycles.